The number of fused-ring (bicyclic) bond motifs is 5. The minimum absolute atomic E-state index is 0.297. The third-order valence-electron chi connectivity index (χ3n) is 7.28. The average molecular weight is 571 g/mol. The number of ether oxygens (including phenoxy) is 1. The lowest BCUT2D eigenvalue weighted by Crippen LogP contribution is -2.44. The van der Waals surface area contributed by atoms with Gasteiger partial charge in [-0.05, 0) is 75.3 Å². The van der Waals surface area contributed by atoms with E-state index in [9.17, 15) is 9.59 Å². The van der Waals surface area contributed by atoms with Crippen LogP contribution in [0.3, 0.4) is 0 Å². The third-order valence-corrected chi connectivity index (χ3v) is 7.28. The number of aryl methyl sites for hydroxylation is 1. The van der Waals surface area contributed by atoms with Crippen molar-refractivity contribution in [3.63, 3.8) is 0 Å². The molecule has 0 saturated carbocycles. The molecule has 2 N–H and O–H groups in total. The first kappa shape index (κ1) is 30.6. The second-order valence-corrected chi connectivity index (χ2v) is 11.2. The molecule has 0 unspecified atom stereocenters. The summed E-state index contributed by atoms with van der Waals surface area (Å²) in [5, 5.41) is 0.464. The maximum absolute atomic E-state index is 12.7. The molecular weight excluding hydrogens is 528 g/mol. The fourth-order valence-corrected chi connectivity index (χ4v) is 5.09. The Bertz CT molecular complexity index is 1740. The largest absolute Gasteiger partial charge is 0.462 e. The van der Waals surface area contributed by atoms with E-state index < -0.39 is 0 Å². The molecule has 0 atom stereocenters. The summed E-state index contributed by atoms with van der Waals surface area (Å²) >= 11 is 0. The Labute approximate surface area is 247 Å². The van der Waals surface area contributed by atoms with E-state index >= 15 is 0 Å². The molecule has 0 aliphatic carbocycles. The number of rotatable bonds is 3. The number of aromatic nitrogens is 3. The number of nitrogens with two attached hydrogens (primary N) is 1. The molecular formula is C33H42N6O3. The van der Waals surface area contributed by atoms with Crippen molar-refractivity contribution in [2.24, 2.45) is 7.05 Å². The minimum atomic E-state index is -0.318. The van der Waals surface area contributed by atoms with Gasteiger partial charge in [0.1, 0.15) is 5.60 Å². The molecule has 9 heteroatoms. The predicted molar refractivity (Wildman–Crippen MR) is 173 cm³/mol. The van der Waals surface area contributed by atoms with Gasteiger partial charge in [-0.25, -0.2) is 0 Å². The summed E-state index contributed by atoms with van der Waals surface area (Å²) in [5.74, 6) is 0.607. The molecule has 1 aliphatic heterocycles. The van der Waals surface area contributed by atoms with E-state index in [0.717, 1.165) is 53.9 Å². The Morgan fingerprint density at radius 1 is 0.857 bits per heavy atom. The van der Waals surface area contributed by atoms with Crippen LogP contribution in [0.2, 0.25) is 0 Å². The van der Waals surface area contributed by atoms with Gasteiger partial charge in [0.15, 0.2) is 0 Å². The Balaban J connectivity index is 0.000000398. The van der Waals surface area contributed by atoms with E-state index in [-0.39, 0.29) is 11.2 Å². The summed E-state index contributed by atoms with van der Waals surface area (Å²) in [7, 11) is 4.12. The van der Waals surface area contributed by atoms with Crippen LogP contribution in [0.1, 0.15) is 34.6 Å². The van der Waals surface area contributed by atoms with Crippen molar-refractivity contribution in [1.29, 1.82) is 0 Å². The molecule has 5 aromatic rings. The van der Waals surface area contributed by atoms with Crippen LogP contribution in [0.4, 0.5) is 11.4 Å². The molecule has 9 nitrogen and oxygen atoms in total. The highest BCUT2D eigenvalue weighted by Crippen LogP contribution is 2.30. The standard InChI is InChI=1S/C26H26N6O.C5H10O2.C2H6/c1-29-12-14-31(15-13-29)19-9-6-17(7-10-19)18-8-11-21-23(16-18)30(2)26-28-25(33)24-20(27)4-3-5-22(24)32(21)26;1-5(2,3)7-4-6;1-2/h3-11,16H,12-15,27H2,1-2H3;4H,1-3H3;1-2H3. The first-order chi connectivity index (χ1) is 20.1. The van der Waals surface area contributed by atoms with Crippen LogP contribution in [0, 0.1) is 0 Å². The van der Waals surface area contributed by atoms with E-state index in [2.05, 4.69) is 69.0 Å². The Morgan fingerprint density at radius 2 is 1.50 bits per heavy atom. The smallest absolute Gasteiger partial charge is 0.293 e. The van der Waals surface area contributed by atoms with E-state index in [1.165, 1.54) is 5.69 Å². The SMILES string of the molecule is CC.CC(C)(C)OC=O.CN1CCN(c2ccc(-c3ccc4c(c3)n(C)c3nc(=O)c5c(N)cccc5n43)cc2)CC1. The van der Waals surface area contributed by atoms with Gasteiger partial charge in [0, 0.05) is 44.6 Å². The minimum Gasteiger partial charge on any atom is -0.462 e. The number of hydrogen-bond donors (Lipinski definition) is 1. The Hall–Kier alpha value is -4.37. The zero-order chi connectivity index (χ0) is 30.6. The summed E-state index contributed by atoms with van der Waals surface area (Å²) in [4.78, 5) is 31.4. The molecule has 0 radical (unpaired) electrons. The second kappa shape index (κ2) is 12.7. The highest BCUT2D eigenvalue weighted by atomic mass is 16.5. The van der Waals surface area contributed by atoms with Crippen molar-refractivity contribution < 1.29 is 9.53 Å². The molecule has 2 aromatic heterocycles. The van der Waals surface area contributed by atoms with Crippen molar-refractivity contribution in [3.05, 3.63) is 71.0 Å². The second-order valence-electron chi connectivity index (χ2n) is 11.2. The van der Waals surface area contributed by atoms with Gasteiger partial charge in [-0.2, -0.15) is 4.98 Å². The molecule has 0 bridgehead atoms. The van der Waals surface area contributed by atoms with Crippen molar-refractivity contribution in [3.8, 4) is 11.1 Å². The summed E-state index contributed by atoms with van der Waals surface area (Å²) in [6, 6.07) is 20.7. The van der Waals surface area contributed by atoms with Crippen molar-refractivity contribution in [1.82, 2.24) is 18.9 Å². The molecule has 0 amide bonds. The van der Waals surface area contributed by atoms with Gasteiger partial charge >= 0.3 is 0 Å². The number of likely N-dealkylation sites (N-methyl/N-ethyl adjacent to an activating group) is 1. The molecule has 1 saturated heterocycles. The van der Waals surface area contributed by atoms with Crippen LogP contribution in [0.25, 0.3) is 38.8 Å². The average Bonchev–Trinajstić information content (AvgIpc) is 3.25. The number of carbonyl (C=O) groups excluding carboxylic acids is 1. The third kappa shape index (κ3) is 6.26. The lowest BCUT2D eigenvalue weighted by molar-refractivity contribution is -0.138. The summed E-state index contributed by atoms with van der Waals surface area (Å²) < 4.78 is 8.54. The van der Waals surface area contributed by atoms with Gasteiger partial charge in [0.05, 0.1) is 21.9 Å². The Kier molecular flexibility index (Phi) is 9.21. The lowest BCUT2D eigenvalue weighted by Gasteiger charge is -2.34. The monoisotopic (exact) mass is 570 g/mol. The number of nitrogens with zero attached hydrogens (tertiary/aromatic N) is 5. The zero-order valence-electron chi connectivity index (χ0n) is 25.7. The first-order valence-electron chi connectivity index (χ1n) is 14.4. The normalized spacial score (nSPS) is 13.8. The van der Waals surface area contributed by atoms with Crippen LogP contribution in [-0.2, 0) is 16.6 Å². The molecule has 42 heavy (non-hydrogen) atoms. The number of piperazine rings is 1. The predicted octanol–water partition coefficient (Wildman–Crippen LogP) is 5.32. The van der Waals surface area contributed by atoms with Gasteiger partial charge in [0.25, 0.3) is 12.0 Å². The number of carbonyl (C=O) groups is 1. The number of hydrogen-bond acceptors (Lipinski definition) is 7. The summed E-state index contributed by atoms with van der Waals surface area (Å²) in [5.41, 5.74) is 12.3. The molecule has 6 rings (SSSR count). The van der Waals surface area contributed by atoms with Gasteiger partial charge in [-0.1, -0.05) is 38.1 Å². The van der Waals surface area contributed by atoms with E-state index in [1.807, 2.05) is 62.8 Å². The molecule has 3 heterocycles. The van der Waals surface area contributed by atoms with Gasteiger partial charge < -0.3 is 24.8 Å². The molecule has 0 spiro atoms. The highest BCUT2D eigenvalue weighted by Gasteiger charge is 2.17. The van der Waals surface area contributed by atoms with Crippen LogP contribution in [0.15, 0.2) is 65.5 Å². The zero-order valence-corrected chi connectivity index (χ0v) is 25.7. The summed E-state index contributed by atoms with van der Waals surface area (Å²) in [6.45, 7) is 14.2. The summed E-state index contributed by atoms with van der Waals surface area (Å²) in [6.07, 6.45) is 0. The van der Waals surface area contributed by atoms with Crippen molar-refractivity contribution >= 4 is 45.6 Å². The molecule has 222 valence electrons. The van der Waals surface area contributed by atoms with Gasteiger partial charge in [0.2, 0.25) is 5.78 Å². The number of benzene rings is 3. The lowest BCUT2D eigenvalue weighted by atomic mass is 10.0. The fraction of sp³-hybridized carbons (Fsp3) is 0.364. The van der Waals surface area contributed by atoms with E-state index in [1.54, 1.807) is 6.07 Å². The molecule has 3 aromatic carbocycles. The van der Waals surface area contributed by atoms with Crippen molar-refractivity contribution in [2.45, 2.75) is 40.2 Å². The van der Waals surface area contributed by atoms with Crippen LogP contribution in [0.5, 0.6) is 0 Å². The Morgan fingerprint density at radius 3 is 2.10 bits per heavy atom. The van der Waals surface area contributed by atoms with Crippen LogP contribution < -0.4 is 16.2 Å². The van der Waals surface area contributed by atoms with Crippen LogP contribution in [-0.4, -0.2) is 64.2 Å². The topological polar surface area (TPSA) is 98.1 Å². The van der Waals surface area contributed by atoms with Crippen molar-refractivity contribution in [2.75, 3.05) is 43.9 Å². The van der Waals surface area contributed by atoms with E-state index in [0.29, 0.717) is 23.3 Å². The first-order valence-corrected chi connectivity index (χ1v) is 14.4. The fourth-order valence-electron chi connectivity index (χ4n) is 5.09. The van der Waals surface area contributed by atoms with Crippen LogP contribution >= 0.6 is 0 Å². The quantitative estimate of drug-likeness (QED) is 0.231. The highest BCUT2D eigenvalue weighted by molar-refractivity contribution is 5.96. The molecule has 1 fully saturated rings. The maximum atomic E-state index is 12.7. The molecule has 1 aliphatic rings. The van der Waals surface area contributed by atoms with E-state index in [4.69, 9.17) is 5.73 Å². The van der Waals surface area contributed by atoms with Gasteiger partial charge in [-0.15, -0.1) is 0 Å². The number of anilines is 2. The van der Waals surface area contributed by atoms with Gasteiger partial charge in [-0.3, -0.25) is 14.0 Å². The maximum Gasteiger partial charge on any atom is 0.293 e. The number of nitrogen functional groups attached to an aromatic ring is 1. The number of imidazole rings is 1.